The van der Waals surface area contributed by atoms with E-state index in [1.54, 1.807) is 14.2 Å². The van der Waals surface area contributed by atoms with E-state index in [1.165, 1.54) is 0 Å². The van der Waals surface area contributed by atoms with Gasteiger partial charge in [0.1, 0.15) is 19.0 Å². The van der Waals surface area contributed by atoms with Crippen LogP contribution in [-0.4, -0.2) is 53.4 Å². The molecule has 0 bridgehead atoms. The fourth-order valence-corrected chi connectivity index (χ4v) is 3.53. The van der Waals surface area contributed by atoms with Crippen molar-refractivity contribution in [3.8, 4) is 0 Å². The number of rotatable bonds is 6. The Bertz CT molecular complexity index is 350. The zero-order chi connectivity index (χ0) is 16.3. The Morgan fingerprint density at radius 1 is 1.24 bits per heavy atom. The molecule has 1 rings (SSSR count). The molecule has 0 unspecified atom stereocenters. The summed E-state index contributed by atoms with van der Waals surface area (Å²) >= 11 is 0. The third-order valence-corrected chi connectivity index (χ3v) is 9.02. The molecule has 0 aromatic rings. The van der Waals surface area contributed by atoms with Gasteiger partial charge in [-0.15, -0.1) is 0 Å². The molecule has 1 saturated carbocycles. The molecule has 0 heterocycles. The largest absolute Gasteiger partial charge is 0.408 e. The molecular formula is C15H30O5Si. The number of carbonyl (C=O) groups is 1. The van der Waals surface area contributed by atoms with Gasteiger partial charge < -0.3 is 18.6 Å². The number of carbonyl (C=O) groups excluding carboxylic acids is 1. The number of methoxy groups -OCH3 is 2. The minimum absolute atomic E-state index is 0.0671. The lowest BCUT2D eigenvalue weighted by Gasteiger charge is -2.44. The highest BCUT2D eigenvalue weighted by Crippen LogP contribution is 2.39. The minimum Gasteiger partial charge on any atom is -0.408 e. The van der Waals surface area contributed by atoms with Crippen LogP contribution in [0.2, 0.25) is 18.1 Å². The van der Waals surface area contributed by atoms with Crippen molar-refractivity contribution in [2.24, 2.45) is 0 Å². The molecule has 0 spiro atoms. The van der Waals surface area contributed by atoms with Crippen LogP contribution in [0, 0.1) is 0 Å². The highest BCUT2D eigenvalue weighted by Gasteiger charge is 2.47. The van der Waals surface area contributed by atoms with Crippen molar-refractivity contribution in [1.82, 2.24) is 0 Å². The summed E-state index contributed by atoms with van der Waals surface area (Å²) < 4.78 is 22.6. The fourth-order valence-electron chi connectivity index (χ4n) is 2.22. The Labute approximate surface area is 129 Å². The second kappa shape index (κ2) is 7.33. The first-order valence-corrected chi connectivity index (χ1v) is 10.4. The number of hydrogen-bond acceptors (Lipinski definition) is 5. The molecule has 0 radical (unpaired) electrons. The Hall–Kier alpha value is -0.273. The van der Waals surface area contributed by atoms with Gasteiger partial charge >= 0.3 is 0 Å². The first-order valence-electron chi connectivity index (χ1n) is 7.48. The van der Waals surface area contributed by atoms with Gasteiger partial charge in [0.25, 0.3) is 0 Å². The van der Waals surface area contributed by atoms with Gasteiger partial charge in [-0.1, -0.05) is 20.8 Å². The van der Waals surface area contributed by atoms with E-state index in [-0.39, 0.29) is 29.8 Å². The molecule has 0 saturated heterocycles. The average Bonchev–Trinajstić information content (AvgIpc) is 2.36. The van der Waals surface area contributed by atoms with E-state index in [0.717, 1.165) is 0 Å². The smallest absolute Gasteiger partial charge is 0.192 e. The van der Waals surface area contributed by atoms with Gasteiger partial charge in [0.2, 0.25) is 0 Å². The third kappa shape index (κ3) is 4.60. The molecule has 1 aliphatic carbocycles. The molecule has 0 amide bonds. The van der Waals surface area contributed by atoms with Crippen molar-refractivity contribution >= 4 is 14.1 Å². The first kappa shape index (κ1) is 18.8. The molecule has 0 aliphatic heterocycles. The van der Waals surface area contributed by atoms with E-state index in [0.29, 0.717) is 12.8 Å². The zero-order valence-electron chi connectivity index (χ0n) is 14.4. The molecular weight excluding hydrogens is 288 g/mol. The Kier molecular flexibility index (Phi) is 6.55. The van der Waals surface area contributed by atoms with Crippen LogP contribution < -0.4 is 0 Å². The van der Waals surface area contributed by atoms with Crippen LogP contribution in [0.4, 0.5) is 0 Å². The van der Waals surface area contributed by atoms with Crippen LogP contribution in [0.1, 0.15) is 33.6 Å². The lowest BCUT2D eigenvalue weighted by Crippen LogP contribution is -2.56. The maximum atomic E-state index is 12.1. The summed E-state index contributed by atoms with van der Waals surface area (Å²) in [4.78, 5) is 12.1. The van der Waals surface area contributed by atoms with Crippen molar-refractivity contribution in [2.75, 3.05) is 21.0 Å². The van der Waals surface area contributed by atoms with Crippen LogP contribution in [0.3, 0.4) is 0 Å². The van der Waals surface area contributed by atoms with E-state index in [2.05, 4.69) is 33.9 Å². The summed E-state index contributed by atoms with van der Waals surface area (Å²) in [6.45, 7) is 11.1. The third-order valence-electron chi connectivity index (χ3n) is 4.55. The second-order valence-corrected chi connectivity index (χ2v) is 11.9. The van der Waals surface area contributed by atoms with E-state index in [9.17, 15) is 4.79 Å². The molecule has 5 nitrogen and oxygen atoms in total. The summed E-state index contributed by atoms with van der Waals surface area (Å²) in [5.74, 6) is 0.0958. The van der Waals surface area contributed by atoms with E-state index in [4.69, 9.17) is 18.6 Å². The van der Waals surface area contributed by atoms with Crippen molar-refractivity contribution < 1.29 is 23.4 Å². The summed E-state index contributed by atoms with van der Waals surface area (Å²) in [5.41, 5.74) is 0. The Balaban J connectivity index is 2.94. The van der Waals surface area contributed by atoms with Crippen LogP contribution in [0.25, 0.3) is 0 Å². The summed E-state index contributed by atoms with van der Waals surface area (Å²) in [5, 5.41) is 0.0671. The van der Waals surface area contributed by atoms with Crippen molar-refractivity contribution in [3.05, 3.63) is 0 Å². The predicted octanol–water partition coefficient (Wildman–Crippen LogP) is 2.74. The van der Waals surface area contributed by atoms with Crippen molar-refractivity contribution in [1.29, 1.82) is 0 Å². The van der Waals surface area contributed by atoms with Gasteiger partial charge in [-0.2, -0.15) is 0 Å². The highest BCUT2D eigenvalue weighted by atomic mass is 28.4. The van der Waals surface area contributed by atoms with Gasteiger partial charge in [-0.3, -0.25) is 4.79 Å². The van der Waals surface area contributed by atoms with Gasteiger partial charge in [0.15, 0.2) is 14.1 Å². The molecule has 124 valence electrons. The molecule has 1 aliphatic rings. The number of Topliss-reactive ketones (excluding diaryl/α,β-unsaturated/α-hetero) is 1. The van der Waals surface area contributed by atoms with Gasteiger partial charge in [-0.25, -0.2) is 0 Å². The standard InChI is InChI=1S/C15H30O5Si/c1-15(2,3)21(6,7)20-14-12(19-10-17-4)9-8-11(16)13(14)18-5/h12-14H,8-10H2,1-7H3/t12-,13+,14+/m0/s1. The SMILES string of the molecule is COCO[C@H]1CCC(=O)[C@@H](OC)[C@@H]1O[Si](C)(C)C(C)(C)C. The molecule has 0 aromatic carbocycles. The summed E-state index contributed by atoms with van der Waals surface area (Å²) in [6.07, 6.45) is 0.0507. The Morgan fingerprint density at radius 3 is 2.33 bits per heavy atom. The van der Waals surface area contributed by atoms with Crippen molar-refractivity contribution in [2.45, 2.75) is 70.1 Å². The van der Waals surface area contributed by atoms with E-state index < -0.39 is 14.4 Å². The summed E-state index contributed by atoms with van der Waals surface area (Å²) in [6, 6.07) is 0. The fraction of sp³-hybridized carbons (Fsp3) is 0.933. The van der Waals surface area contributed by atoms with Crippen LogP contribution in [0.15, 0.2) is 0 Å². The minimum atomic E-state index is -2.01. The highest BCUT2D eigenvalue weighted by molar-refractivity contribution is 6.74. The number of ketones is 1. The summed E-state index contributed by atoms with van der Waals surface area (Å²) in [7, 11) is 1.13. The molecule has 21 heavy (non-hydrogen) atoms. The van der Waals surface area contributed by atoms with E-state index >= 15 is 0 Å². The lowest BCUT2D eigenvalue weighted by atomic mass is 9.91. The predicted molar refractivity (Wildman–Crippen MR) is 83.9 cm³/mol. The lowest BCUT2D eigenvalue weighted by molar-refractivity contribution is -0.168. The molecule has 1 fully saturated rings. The molecule has 6 heteroatoms. The normalized spacial score (nSPS) is 28.0. The van der Waals surface area contributed by atoms with Gasteiger partial charge in [0, 0.05) is 20.6 Å². The maximum absolute atomic E-state index is 12.1. The average molecular weight is 318 g/mol. The van der Waals surface area contributed by atoms with E-state index in [1.807, 2.05) is 0 Å². The number of ether oxygens (including phenoxy) is 3. The second-order valence-electron chi connectivity index (χ2n) is 7.12. The van der Waals surface area contributed by atoms with Crippen LogP contribution in [0.5, 0.6) is 0 Å². The molecule has 3 atom stereocenters. The topological polar surface area (TPSA) is 54.0 Å². The quantitative estimate of drug-likeness (QED) is 0.557. The number of hydrogen-bond donors (Lipinski definition) is 0. The molecule has 0 aromatic heterocycles. The van der Waals surface area contributed by atoms with Crippen molar-refractivity contribution in [3.63, 3.8) is 0 Å². The van der Waals surface area contributed by atoms with Crippen LogP contribution in [-0.2, 0) is 23.4 Å². The van der Waals surface area contributed by atoms with Gasteiger partial charge in [-0.05, 0) is 24.6 Å². The first-order chi connectivity index (χ1) is 9.64. The zero-order valence-corrected chi connectivity index (χ0v) is 15.4. The van der Waals surface area contributed by atoms with Crippen LogP contribution >= 0.6 is 0 Å². The Morgan fingerprint density at radius 2 is 1.86 bits per heavy atom. The molecule has 0 N–H and O–H groups in total. The monoisotopic (exact) mass is 318 g/mol. The van der Waals surface area contributed by atoms with Gasteiger partial charge in [0.05, 0.1) is 6.10 Å². The maximum Gasteiger partial charge on any atom is 0.192 e.